The average Bonchev–Trinajstić information content (AvgIpc) is 2.35. The first kappa shape index (κ1) is 7.82. The number of hydrogen-bond donors (Lipinski definition) is 1. The summed E-state index contributed by atoms with van der Waals surface area (Å²) < 4.78 is 2.06. The fraction of sp³-hybridized carbons (Fsp3) is 0. The third-order valence-corrected chi connectivity index (χ3v) is 2.64. The van der Waals surface area contributed by atoms with Gasteiger partial charge in [-0.1, -0.05) is 11.6 Å². The lowest BCUT2D eigenvalue weighted by Gasteiger charge is -1.94. The van der Waals surface area contributed by atoms with Crippen LogP contribution in [-0.4, -0.2) is 14.6 Å². The van der Waals surface area contributed by atoms with Crippen LogP contribution in [0.3, 0.4) is 0 Å². The highest BCUT2D eigenvalue weighted by Gasteiger charge is 2.03. The van der Waals surface area contributed by atoms with Crippen LogP contribution in [0.1, 0.15) is 0 Å². The Labute approximate surface area is 80.3 Å². The molecular formula is C6H3BrClN3O. The Bertz CT molecular complexity index is 489. The second-order valence-corrected chi connectivity index (χ2v) is 3.49. The summed E-state index contributed by atoms with van der Waals surface area (Å²) >= 11 is 8.99. The van der Waals surface area contributed by atoms with Crippen molar-refractivity contribution in [2.24, 2.45) is 0 Å². The summed E-state index contributed by atoms with van der Waals surface area (Å²) in [6.45, 7) is 0. The van der Waals surface area contributed by atoms with E-state index in [1.54, 1.807) is 6.07 Å². The maximum absolute atomic E-state index is 11.0. The Morgan fingerprint density at radius 2 is 2.42 bits per heavy atom. The van der Waals surface area contributed by atoms with Gasteiger partial charge in [0.2, 0.25) is 0 Å². The molecule has 2 heterocycles. The summed E-state index contributed by atoms with van der Waals surface area (Å²) in [6, 6.07) is 1.67. The highest BCUT2D eigenvalue weighted by atomic mass is 79.9. The van der Waals surface area contributed by atoms with E-state index < -0.39 is 0 Å². The van der Waals surface area contributed by atoms with Crippen molar-refractivity contribution in [3.8, 4) is 0 Å². The molecule has 0 aliphatic carbocycles. The molecule has 0 bridgehead atoms. The fourth-order valence-corrected chi connectivity index (χ4v) is 1.36. The average molecular weight is 248 g/mol. The minimum atomic E-state index is -0.292. The van der Waals surface area contributed by atoms with E-state index in [1.165, 1.54) is 10.6 Å². The zero-order valence-electron chi connectivity index (χ0n) is 5.71. The topological polar surface area (TPSA) is 50.2 Å². The fourth-order valence-electron chi connectivity index (χ4n) is 0.901. The molecule has 0 radical (unpaired) electrons. The van der Waals surface area contributed by atoms with E-state index in [0.717, 1.165) is 4.47 Å². The van der Waals surface area contributed by atoms with Gasteiger partial charge in [0, 0.05) is 10.7 Å². The number of rotatable bonds is 0. The van der Waals surface area contributed by atoms with Crippen LogP contribution in [0.4, 0.5) is 0 Å². The van der Waals surface area contributed by atoms with Crippen LogP contribution in [0.2, 0.25) is 5.02 Å². The van der Waals surface area contributed by atoms with E-state index in [-0.39, 0.29) is 5.69 Å². The molecule has 0 saturated heterocycles. The summed E-state index contributed by atoms with van der Waals surface area (Å²) in [7, 11) is 0. The third-order valence-electron chi connectivity index (χ3n) is 1.46. The van der Waals surface area contributed by atoms with Gasteiger partial charge in [-0.2, -0.15) is 5.10 Å². The molecule has 6 heteroatoms. The molecule has 1 N–H and O–H groups in total. The molecule has 2 aromatic heterocycles. The molecule has 0 aliphatic rings. The summed E-state index contributed by atoms with van der Waals surface area (Å²) in [5.41, 5.74) is 0.246. The van der Waals surface area contributed by atoms with Crippen LogP contribution in [0.25, 0.3) is 5.65 Å². The standard InChI is InChI=1S/C6H3BrClN3O/c7-3-1-5-9-10-6(12)11(5)2-4(3)8/h1-2H,(H,10,12). The summed E-state index contributed by atoms with van der Waals surface area (Å²) in [5, 5.41) is 6.54. The highest BCUT2D eigenvalue weighted by molar-refractivity contribution is 9.10. The van der Waals surface area contributed by atoms with E-state index in [4.69, 9.17) is 11.6 Å². The smallest absolute Gasteiger partial charge is 0.249 e. The van der Waals surface area contributed by atoms with Crippen LogP contribution in [0, 0.1) is 0 Å². The quantitative estimate of drug-likeness (QED) is 0.767. The lowest BCUT2D eigenvalue weighted by molar-refractivity contribution is 1.02. The number of fused-ring (bicyclic) bond motifs is 1. The molecule has 0 fully saturated rings. The number of halogens is 2. The molecule has 0 atom stereocenters. The minimum Gasteiger partial charge on any atom is -0.249 e. The van der Waals surface area contributed by atoms with E-state index in [0.29, 0.717) is 10.7 Å². The van der Waals surface area contributed by atoms with E-state index in [9.17, 15) is 4.79 Å². The number of aromatic nitrogens is 3. The zero-order chi connectivity index (χ0) is 8.72. The zero-order valence-corrected chi connectivity index (χ0v) is 8.06. The largest absolute Gasteiger partial charge is 0.347 e. The number of H-pyrrole nitrogens is 1. The Balaban J connectivity index is 2.97. The van der Waals surface area contributed by atoms with Crippen LogP contribution >= 0.6 is 27.5 Å². The van der Waals surface area contributed by atoms with Gasteiger partial charge in [-0.05, 0) is 22.0 Å². The van der Waals surface area contributed by atoms with Gasteiger partial charge in [0.1, 0.15) is 0 Å². The third kappa shape index (κ3) is 1.05. The molecule has 0 unspecified atom stereocenters. The maximum atomic E-state index is 11.0. The summed E-state index contributed by atoms with van der Waals surface area (Å²) in [5.74, 6) is 0. The number of hydrogen-bond acceptors (Lipinski definition) is 2. The Morgan fingerprint density at radius 1 is 1.67 bits per heavy atom. The SMILES string of the molecule is O=c1[nH]nc2cc(Br)c(Cl)cn12. The molecule has 0 aliphatic heterocycles. The number of pyridine rings is 1. The Kier molecular flexibility index (Phi) is 1.69. The molecule has 2 aromatic rings. The lowest BCUT2D eigenvalue weighted by atomic mass is 10.5. The summed E-state index contributed by atoms with van der Waals surface area (Å²) in [6.07, 6.45) is 1.51. The first-order valence-electron chi connectivity index (χ1n) is 3.10. The van der Waals surface area contributed by atoms with Crippen molar-refractivity contribution in [2.45, 2.75) is 0 Å². The predicted molar refractivity (Wildman–Crippen MR) is 48.5 cm³/mol. The van der Waals surface area contributed by atoms with Crippen LogP contribution in [-0.2, 0) is 0 Å². The van der Waals surface area contributed by atoms with Crippen LogP contribution < -0.4 is 5.69 Å². The molecule has 0 saturated carbocycles. The summed E-state index contributed by atoms with van der Waals surface area (Å²) in [4.78, 5) is 11.0. The lowest BCUT2D eigenvalue weighted by Crippen LogP contribution is -2.08. The van der Waals surface area contributed by atoms with Gasteiger partial charge < -0.3 is 0 Å². The van der Waals surface area contributed by atoms with Crippen LogP contribution in [0.5, 0.6) is 0 Å². The van der Waals surface area contributed by atoms with Crippen molar-refractivity contribution >= 4 is 33.2 Å². The van der Waals surface area contributed by atoms with Crippen LogP contribution in [0.15, 0.2) is 21.5 Å². The van der Waals surface area contributed by atoms with Crippen molar-refractivity contribution in [1.29, 1.82) is 0 Å². The van der Waals surface area contributed by atoms with Crippen molar-refractivity contribution in [3.63, 3.8) is 0 Å². The molecule has 0 aromatic carbocycles. The second kappa shape index (κ2) is 2.60. The van der Waals surface area contributed by atoms with E-state index >= 15 is 0 Å². The van der Waals surface area contributed by atoms with Gasteiger partial charge >= 0.3 is 5.69 Å². The van der Waals surface area contributed by atoms with Gasteiger partial charge in [0.25, 0.3) is 0 Å². The first-order chi connectivity index (χ1) is 5.68. The van der Waals surface area contributed by atoms with Gasteiger partial charge in [-0.25, -0.2) is 14.3 Å². The molecule has 12 heavy (non-hydrogen) atoms. The molecular weight excluding hydrogens is 245 g/mol. The maximum Gasteiger partial charge on any atom is 0.347 e. The Hall–Kier alpha value is -0.810. The highest BCUT2D eigenvalue weighted by Crippen LogP contribution is 2.21. The second-order valence-electron chi connectivity index (χ2n) is 2.23. The first-order valence-corrected chi connectivity index (χ1v) is 4.27. The van der Waals surface area contributed by atoms with Crippen molar-refractivity contribution < 1.29 is 0 Å². The number of aromatic amines is 1. The molecule has 62 valence electrons. The number of nitrogens with zero attached hydrogens (tertiary/aromatic N) is 2. The molecule has 4 nitrogen and oxygen atoms in total. The normalized spacial score (nSPS) is 10.8. The monoisotopic (exact) mass is 247 g/mol. The van der Waals surface area contributed by atoms with E-state index in [1.807, 2.05) is 0 Å². The Morgan fingerprint density at radius 3 is 3.17 bits per heavy atom. The molecule has 2 rings (SSSR count). The predicted octanol–water partition coefficient (Wildman–Crippen LogP) is 1.44. The van der Waals surface area contributed by atoms with E-state index in [2.05, 4.69) is 26.1 Å². The minimum absolute atomic E-state index is 0.292. The molecule has 0 amide bonds. The van der Waals surface area contributed by atoms with Crippen molar-refractivity contribution in [3.05, 3.63) is 32.2 Å². The van der Waals surface area contributed by atoms with Gasteiger partial charge in [-0.3, -0.25) is 0 Å². The van der Waals surface area contributed by atoms with Gasteiger partial charge in [-0.15, -0.1) is 0 Å². The van der Waals surface area contributed by atoms with Gasteiger partial charge in [0.05, 0.1) is 5.02 Å². The van der Waals surface area contributed by atoms with Crippen molar-refractivity contribution in [1.82, 2.24) is 14.6 Å². The van der Waals surface area contributed by atoms with Gasteiger partial charge in [0.15, 0.2) is 5.65 Å². The van der Waals surface area contributed by atoms with Crippen molar-refractivity contribution in [2.75, 3.05) is 0 Å². The number of nitrogens with one attached hydrogen (secondary N) is 1. The molecule has 0 spiro atoms.